The Labute approximate surface area is 107 Å². The fourth-order valence-corrected chi connectivity index (χ4v) is 1.79. The summed E-state index contributed by atoms with van der Waals surface area (Å²) in [5, 5.41) is 2.92. The largest absolute Gasteiger partial charge is 0.352 e. The Balaban J connectivity index is 1.88. The molecule has 0 saturated heterocycles. The lowest BCUT2D eigenvalue weighted by Gasteiger charge is -2.07. The highest BCUT2D eigenvalue weighted by Gasteiger charge is 2.06. The zero-order valence-corrected chi connectivity index (χ0v) is 10.4. The molecule has 3 nitrogen and oxygen atoms in total. The standard InChI is InChI=1S/C15H16N2O/c1-12-5-2-3-7-14(12)15(18)17-10-8-13-6-4-9-16-11-13/h2-7,9,11H,8,10H2,1H3,(H,17,18). The molecule has 0 aliphatic carbocycles. The molecule has 0 radical (unpaired) electrons. The van der Waals surface area contributed by atoms with Crippen molar-refractivity contribution in [1.29, 1.82) is 0 Å². The van der Waals surface area contributed by atoms with Crippen molar-refractivity contribution < 1.29 is 4.79 Å². The molecule has 0 saturated carbocycles. The van der Waals surface area contributed by atoms with Gasteiger partial charge in [-0.3, -0.25) is 9.78 Å². The van der Waals surface area contributed by atoms with Gasteiger partial charge in [-0.2, -0.15) is 0 Å². The van der Waals surface area contributed by atoms with Crippen molar-refractivity contribution in [1.82, 2.24) is 10.3 Å². The molecular formula is C15H16N2O. The van der Waals surface area contributed by atoms with E-state index in [1.54, 1.807) is 6.20 Å². The molecule has 0 bridgehead atoms. The van der Waals surface area contributed by atoms with Gasteiger partial charge >= 0.3 is 0 Å². The number of nitrogens with one attached hydrogen (secondary N) is 1. The number of carbonyl (C=O) groups is 1. The average Bonchev–Trinajstić information content (AvgIpc) is 2.40. The van der Waals surface area contributed by atoms with Crippen LogP contribution in [0.25, 0.3) is 0 Å². The van der Waals surface area contributed by atoms with Crippen LogP contribution >= 0.6 is 0 Å². The van der Waals surface area contributed by atoms with Gasteiger partial charge in [-0.15, -0.1) is 0 Å². The summed E-state index contributed by atoms with van der Waals surface area (Å²) in [6.45, 7) is 2.56. The van der Waals surface area contributed by atoms with E-state index in [1.807, 2.05) is 49.5 Å². The minimum Gasteiger partial charge on any atom is -0.352 e. The molecule has 0 aliphatic heterocycles. The van der Waals surface area contributed by atoms with Gasteiger partial charge in [0.15, 0.2) is 0 Å². The topological polar surface area (TPSA) is 42.0 Å². The van der Waals surface area contributed by atoms with E-state index in [4.69, 9.17) is 0 Å². The lowest BCUT2D eigenvalue weighted by atomic mass is 10.1. The molecule has 18 heavy (non-hydrogen) atoms. The first-order chi connectivity index (χ1) is 8.77. The number of hydrogen-bond acceptors (Lipinski definition) is 2. The molecular weight excluding hydrogens is 224 g/mol. The van der Waals surface area contributed by atoms with Gasteiger partial charge in [-0.1, -0.05) is 24.3 Å². The van der Waals surface area contributed by atoms with Gasteiger partial charge in [-0.05, 0) is 36.6 Å². The van der Waals surface area contributed by atoms with E-state index >= 15 is 0 Å². The van der Waals surface area contributed by atoms with E-state index in [0.29, 0.717) is 6.54 Å². The van der Waals surface area contributed by atoms with Crippen molar-refractivity contribution in [3.05, 3.63) is 65.5 Å². The normalized spacial score (nSPS) is 10.1. The summed E-state index contributed by atoms with van der Waals surface area (Å²) < 4.78 is 0. The van der Waals surface area contributed by atoms with Crippen LogP contribution in [0, 0.1) is 6.92 Å². The van der Waals surface area contributed by atoms with E-state index in [-0.39, 0.29) is 5.91 Å². The molecule has 3 heteroatoms. The van der Waals surface area contributed by atoms with Crippen LogP contribution in [0.2, 0.25) is 0 Å². The van der Waals surface area contributed by atoms with Gasteiger partial charge in [0.05, 0.1) is 0 Å². The van der Waals surface area contributed by atoms with Crippen molar-refractivity contribution in [3.63, 3.8) is 0 Å². The third kappa shape index (κ3) is 3.17. The van der Waals surface area contributed by atoms with Crippen molar-refractivity contribution >= 4 is 5.91 Å². The van der Waals surface area contributed by atoms with Crippen LogP contribution in [0.4, 0.5) is 0 Å². The number of benzene rings is 1. The number of aromatic nitrogens is 1. The number of amides is 1. The average molecular weight is 240 g/mol. The Kier molecular flexibility index (Phi) is 4.07. The highest BCUT2D eigenvalue weighted by atomic mass is 16.1. The summed E-state index contributed by atoms with van der Waals surface area (Å²) in [5.74, 6) is -0.0167. The summed E-state index contributed by atoms with van der Waals surface area (Å²) in [6.07, 6.45) is 4.36. The van der Waals surface area contributed by atoms with Crippen molar-refractivity contribution in [2.75, 3.05) is 6.54 Å². The predicted molar refractivity (Wildman–Crippen MR) is 71.5 cm³/mol. The molecule has 1 aromatic heterocycles. The number of carbonyl (C=O) groups excluding carboxylic acids is 1. The molecule has 0 aliphatic rings. The van der Waals surface area contributed by atoms with Crippen LogP contribution in [0.1, 0.15) is 21.5 Å². The molecule has 2 aromatic rings. The van der Waals surface area contributed by atoms with E-state index in [9.17, 15) is 4.79 Å². The first-order valence-electron chi connectivity index (χ1n) is 6.00. The SMILES string of the molecule is Cc1ccccc1C(=O)NCCc1cccnc1. The summed E-state index contributed by atoms with van der Waals surface area (Å²) in [6, 6.07) is 11.5. The Morgan fingerprint density at radius 1 is 1.22 bits per heavy atom. The maximum Gasteiger partial charge on any atom is 0.251 e. The van der Waals surface area contributed by atoms with Crippen LogP contribution in [0.15, 0.2) is 48.8 Å². The first kappa shape index (κ1) is 12.3. The fraction of sp³-hybridized carbons (Fsp3) is 0.200. The molecule has 0 unspecified atom stereocenters. The predicted octanol–water partition coefficient (Wildman–Crippen LogP) is 2.36. The number of aryl methyl sites for hydroxylation is 1. The number of rotatable bonds is 4. The minimum absolute atomic E-state index is 0.0167. The third-order valence-corrected chi connectivity index (χ3v) is 2.81. The number of nitrogens with zero attached hydrogens (tertiary/aromatic N) is 1. The molecule has 1 N–H and O–H groups in total. The second kappa shape index (κ2) is 5.96. The monoisotopic (exact) mass is 240 g/mol. The van der Waals surface area contributed by atoms with Crippen LogP contribution in [0.3, 0.4) is 0 Å². The maximum absolute atomic E-state index is 11.9. The molecule has 0 spiro atoms. The third-order valence-electron chi connectivity index (χ3n) is 2.81. The molecule has 1 amide bonds. The Morgan fingerprint density at radius 2 is 2.06 bits per heavy atom. The van der Waals surface area contributed by atoms with Gasteiger partial charge in [0.25, 0.3) is 5.91 Å². The van der Waals surface area contributed by atoms with Crippen molar-refractivity contribution in [3.8, 4) is 0 Å². The van der Waals surface area contributed by atoms with Crippen LogP contribution in [-0.2, 0) is 6.42 Å². The molecule has 1 heterocycles. The second-order valence-electron chi connectivity index (χ2n) is 4.18. The van der Waals surface area contributed by atoms with Gasteiger partial charge in [0.2, 0.25) is 0 Å². The van der Waals surface area contributed by atoms with E-state index in [2.05, 4.69) is 10.3 Å². The second-order valence-corrected chi connectivity index (χ2v) is 4.18. The summed E-state index contributed by atoms with van der Waals surface area (Å²) in [7, 11) is 0. The van der Waals surface area contributed by atoms with Gasteiger partial charge in [-0.25, -0.2) is 0 Å². The van der Waals surface area contributed by atoms with Crippen LogP contribution in [0.5, 0.6) is 0 Å². The molecule has 1 aromatic carbocycles. The summed E-state index contributed by atoms with van der Waals surface area (Å²) in [5.41, 5.74) is 2.86. The number of hydrogen-bond donors (Lipinski definition) is 1. The molecule has 2 rings (SSSR count). The van der Waals surface area contributed by atoms with E-state index in [1.165, 1.54) is 0 Å². The highest BCUT2D eigenvalue weighted by molar-refractivity contribution is 5.95. The minimum atomic E-state index is -0.0167. The van der Waals surface area contributed by atoms with Gasteiger partial charge in [0.1, 0.15) is 0 Å². The smallest absolute Gasteiger partial charge is 0.251 e. The molecule has 92 valence electrons. The lowest BCUT2D eigenvalue weighted by molar-refractivity contribution is 0.0953. The van der Waals surface area contributed by atoms with Gasteiger partial charge < -0.3 is 5.32 Å². The number of pyridine rings is 1. The van der Waals surface area contributed by atoms with Crippen LogP contribution < -0.4 is 5.32 Å². The maximum atomic E-state index is 11.9. The van der Waals surface area contributed by atoms with E-state index in [0.717, 1.165) is 23.1 Å². The zero-order chi connectivity index (χ0) is 12.8. The zero-order valence-electron chi connectivity index (χ0n) is 10.4. The van der Waals surface area contributed by atoms with Gasteiger partial charge in [0, 0.05) is 24.5 Å². The van der Waals surface area contributed by atoms with E-state index < -0.39 is 0 Å². The fourth-order valence-electron chi connectivity index (χ4n) is 1.79. The lowest BCUT2D eigenvalue weighted by Crippen LogP contribution is -2.26. The molecule has 0 fully saturated rings. The summed E-state index contributed by atoms with van der Waals surface area (Å²) in [4.78, 5) is 16.0. The summed E-state index contributed by atoms with van der Waals surface area (Å²) >= 11 is 0. The highest BCUT2D eigenvalue weighted by Crippen LogP contribution is 2.06. The van der Waals surface area contributed by atoms with Crippen LogP contribution in [-0.4, -0.2) is 17.4 Å². The quantitative estimate of drug-likeness (QED) is 0.891. The Morgan fingerprint density at radius 3 is 2.78 bits per heavy atom. The first-order valence-corrected chi connectivity index (χ1v) is 6.00. The Hall–Kier alpha value is -2.16. The molecule has 0 atom stereocenters. The Bertz CT molecular complexity index is 523. The van der Waals surface area contributed by atoms with Crippen molar-refractivity contribution in [2.45, 2.75) is 13.3 Å². The van der Waals surface area contributed by atoms with Crippen molar-refractivity contribution in [2.24, 2.45) is 0 Å².